The number of nitrogens with zero attached hydrogens (tertiary/aromatic N) is 2. The van der Waals surface area contributed by atoms with E-state index in [1.54, 1.807) is 19.2 Å². The molecule has 0 aliphatic carbocycles. The molecule has 0 spiro atoms. The molecule has 1 saturated heterocycles. The molecule has 21 heavy (non-hydrogen) atoms. The van der Waals surface area contributed by atoms with E-state index in [2.05, 4.69) is 23.7 Å². The van der Waals surface area contributed by atoms with Crippen molar-refractivity contribution in [1.29, 1.82) is 0 Å². The lowest BCUT2D eigenvalue weighted by Crippen LogP contribution is -2.27. The van der Waals surface area contributed by atoms with E-state index < -0.39 is 0 Å². The van der Waals surface area contributed by atoms with Crippen molar-refractivity contribution in [2.24, 2.45) is 5.41 Å². The molecule has 2 heterocycles. The van der Waals surface area contributed by atoms with Crippen LogP contribution in [0.2, 0.25) is 0 Å². The van der Waals surface area contributed by atoms with Crippen molar-refractivity contribution in [3.8, 4) is 0 Å². The van der Waals surface area contributed by atoms with Crippen LogP contribution in [0.1, 0.15) is 50.4 Å². The molecule has 1 aliphatic heterocycles. The lowest BCUT2D eigenvalue weighted by atomic mass is 9.82. The molecule has 1 fully saturated rings. The number of ether oxygens (including phenoxy) is 1. The fourth-order valence-electron chi connectivity index (χ4n) is 3.04. The summed E-state index contributed by atoms with van der Waals surface area (Å²) in [6.45, 7) is 8.48. The van der Waals surface area contributed by atoms with E-state index in [9.17, 15) is 4.79 Å². The van der Waals surface area contributed by atoms with Crippen molar-refractivity contribution >= 4 is 17.5 Å². The van der Waals surface area contributed by atoms with Crippen molar-refractivity contribution in [3.05, 3.63) is 17.8 Å². The van der Waals surface area contributed by atoms with Crippen molar-refractivity contribution in [1.82, 2.24) is 4.98 Å². The van der Waals surface area contributed by atoms with E-state index >= 15 is 0 Å². The number of hydrogen-bond donors (Lipinski definition) is 1. The first kappa shape index (κ1) is 15.6. The summed E-state index contributed by atoms with van der Waals surface area (Å²) >= 11 is 0. The molecule has 0 aromatic carbocycles. The summed E-state index contributed by atoms with van der Waals surface area (Å²) in [5, 5.41) is 0. The van der Waals surface area contributed by atoms with Crippen molar-refractivity contribution in [3.63, 3.8) is 0 Å². The van der Waals surface area contributed by atoms with Crippen molar-refractivity contribution in [2.75, 3.05) is 30.3 Å². The number of nitrogens with two attached hydrogens (primary N) is 1. The van der Waals surface area contributed by atoms with E-state index in [0.717, 1.165) is 32.4 Å². The average Bonchev–Trinajstić information content (AvgIpc) is 2.92. The Morgan fingerprint density at radius 1 is 1.43 bits per heavy atom. The van der Waals surface area contributed by atoms with Gasteiger partial charge in [-0.15, -0.1) is 0 Å². The van der Waals surface area contributed by atoms with E-state index in [4.69, 9.17) is 10.5 Å². The number of hydrogen-bond acceptors (Lipinski definition) is 5. The van der Waals surface area contributed by atoms with Crippen LogP contribution in [-0.2, 0) is 4.74 Å². The van der Waals surface area contributed by atoms with Crippen molar-refractivity contribution < 1.29 is 9.53 Å². The maximum absolute atomic E-state index is 11.9. The molecule has 0 bridgehead atoms. The average molecular weight is 291 g/mol. The third-order valence-corrected chi connectivity index (χ3v) is 4.70. The van der Waals surface area contributed by atoms with E-state index in [1.807, 2.05) is 0 Å². The molecule has 1 aromatic heterocycles. The Kier molecular flexibility index (Phi) is 4.70. The third-order valence-electron chi connectivity index (χ3n) is 4.70. The minimum absolute atomic E-state index is 0.341. The highest BCUT2D eigenvalue weighted by molar-refractivity contribution is 5.97. The van der Waals surface area contributed by atoms with Gasteiger partial charge in [-0.1, -0.05) is 13.8 Å². The molecule has 1 aromatic rings. The van der Waals surface area contributed by atoms with Gasteiger partial charge in [-0.2, -0.15) is 0 Å². The van der Waals surface area contributed by atoms with Gasteiger partial charge in [0.2, 0.25) is 0 Å². The molecule has 5 heteroatoms. The first-order valence-corrected chi connectivity index (χ1v) is 7.73. The minimum atomic E-state index is -0.380. The number of nitrogen functional groups attached to an aromatic ring is 1. The standard InChI is InChI=1S/C16H25N3O2/c1-4-16(5-2)8-10-19(11-16)14-13(17)12(7-9-18-14)15(20)21-6-3/h7,9H,4-6,8,10-11,17H2,1-3H3. The Bertz CT molecular complexity index is 512. The van der Waals surface area contributed by atoms with Gasteiger partial charge in [0.15, 0.2) is 5.82 Å². The lowest BCUT2D eigenvalue weighted by molar-refractivity contribution is 0.0527. The van der Waals surface area contributed by atoms with Gasteiger partial charge in [-0.25, -0.2) is 9.78 Å². The number of rotatable bonds is 5. The second-order valence-corrected chi connectivity index (χ2v) is 5.69. The molecule has 116 valence electrons. The number of carbonyl (C=O) groups excluding carboxylic acids is 1. The van der Waals surface area contributed by atoms with Gasteiger partial charge >= 0.3 is 5.97 Å². The SMILES string of the molecule is CCOC(=O)c1ccnc(N2CCC(CC)(CC)C2)c1N. The van der Waals surface area contributed by atoms with Crippen LogP contribution in [0.4, 0.5) is 11.5 Å². The molecule has 5 nitrogen and oxygen atoms in total. The van der Waals surface area contributed by atoms with Crippen LogP contribution in [0, 0.1) is 5.41 Å². The Morgan fingerprint density at radius 2 is 2.14 bits per heavy atom. The van der Waals surface area contributed by atoms with Crippen LogP contribution in [0.5, 0.6) is 0 Å². The van der Waals surface area contributed by atoms with Gasteiger partial charge < -0.3 is 15.4 Å². The van der Waals surface area contributed by atoms with Gasteiger partial charge in [0.1, 0.15) is 0 Å². The maximum atomic E-state index is 11.9. The lowest BCUT2D eigenvalue weighted by Gasteiger charge is -2.27. The maximum Gasteiger partial charge on any atom is 0.340 e. The number of anilines is 2. The number of pyridine rings is 1. The Balaban J connectivity index is 2.26. The predicted molar refractivity (Wildman–Crippen MR) is 84.5 cm³/mol. The van der Waals surface area contributed by atoms with Gasteiger partial charge in [-0.05, 0) is 37.7 Å². The zero-order valence-corrected chi connectivity index (χ0v) is 13.2. The molecular weight excluding hydrogens is 266 g/mol. The molecule has 0 unspecified atom stereocenters. The summed E-state index contributed by atoms with van der Waals surface area (Å²) in [6.07, 6.45) is 5.08. The second-order valence-electron chi connectivity index (χ2n) is 5.69. The van der Waals surface area contributed by atoms with E-state index in [1.165, 1.54) is 0 Å². The first-order valence-electron chi connectivity index (χ1n) is 7.73. The minimum Gasteiger partial charge on any atom is -0.462 e. The van der Waals surface area contributed by atoms with Gasteiger partial charge in [0.05, 0.1) is 17.9 Å². The highest BCUT2D eigenvalue weighted by Gasteiger charge is 2.36. The van der Waals surface area contributed by atoms with Gasteiger partial charge in [0, 0.05) is 19.3 Å². The molecule has 0 saturated carbocycles. The molecule has 2 N–H and O–H groups in total. The van der Waals surface area contributed by atoms with Crippen LogP contribution in [0.3, 0.4) is 0 Å². The fourth-order valence-corrected chi connectivity index (χ4v) is 3.04. The fraction of sp³-hybridized carbons (Fsp3) is 0.625. The topological polar surface area (TPSA) is 68.5 Å². The molecule has 0 amide bonds. The molecule has 1 aliphatic rings. The Hall–Kier alpha value is -1.78. The van der Waals surface area contributed by atoms with E-state index in [0.29, 0.717) is 29.1 Å². The molecule has 0 atom stereocenters. The quantitative estimate of drug-likeness (QED) is 0.845. The largest absolute Gasteiger partial charge is 0.462 e. The smallest absolute Gasteiger partial charge is 0.340 e. The normalized spacial score (nSPS) is 17.0. The highest BCUT2D eigenvalue weighted by Crippen LogP contribution is 2.40. The van der Waals surface area contributed by atoms with Crippen molar-refractivity contribution in [2.45, 2.75) is 40.0 Å². The Labute approximate surface area is 126 Å². The van der Waals surface area contributed by atoms with Gasteiger partial charge in [0.25, 0.3) is 0 Å². The number of aromatic nitrogens is 1. The zero-order chi connectivity index (χ0) is 15.5. The van der Waals surface area contributed by atoms with Crippen LogP contribution in [-0.4, -0.2) is 30.6 Å². The highest BCUT2D eigenvalue weighted by atomic mass is 16.5. The number of carbonyl (C=O) groups is 1. The summed E-state index contributed by atoms with van der Waals surface area (Å²) in [7, 11) is 0. The van der Waals surface area contributed by atoms with Gasteiger partial charge in [-0.3, -0.25) is 0 Å². The zero-order valence-electron chi connectivity index (χ0n) is 13.2. The molecular formula is C16H25N3O2. The first-order chi connectivity index (χ1) is 10.1. The second kappa shape index (κ2) is 6.33. The summed E-state index contributed by atoms with van der Waals surface area (Å²) in [5.74, 6) is 0.333. The molecule has 0 radical (unpaired) electrons. The predicted octanol–water partition coefficient (Wildman–Crippen LogP) is 2.86. The molecule has 2 rings (SSSR count). The summed E-state index contributed by atoms with van der Waals surface area (Å²) in [5.41, 5.74) is 7.34. The summed E-state index contributed by atoms with van der Waals surface area (Å²) in [6, 6.07) is 1.62. The summed E-state index contributed by atoms with van der Waals surface area (Å²) < 4.78 is 5.04. The van der Waals surface area contributed by atoms with Crippen LogP contribution < -0.4 is 10.6 Å². The number of esters is 1. The van der Waals surface area contributed by atoms with Crippen LogP contribution >= 0.6 is 0 Å². The van der Waals surface area contributed by atoms with Crippen LogP contribution in [0.25, 0.3) is 0 Å². The Morgan fingerprint density at radius 3 is 2.71 bits per heavy atom. The monoisotopic (exact) mass is 291 g/mol. The van der Waals surface area contributed by atoms with E-state index in [-0.39, 0.29) is 5.97 Å². The third kappa shape index (κ3) is 2.96. The summed E-state index contributed by atoms with van der Waals surface area (Å²) in [4.78, 5) is 18.5. The van der Waals surface area contributed by atoms with Crippen LogP contribution in [0.15, 0.2) is 12.3 Å².